The van der Waals surface area contributed by atoms with E-state index >= 15 is 0 Å². The van der Waals surface area contributed by atoms with Crippen LogP contribution < -0.4 is 16.9 Å². The van der Waals surface area contributed by atoms with Gasteiger partial charge in [-0.3, -0.25) is 9.59 Å². The molecule has 2 bridgehead atoms. The molecule has 1 aromatic heterocycles. The van der Waals surface area contributed by atoms with Crippen LogP contribution in [0.1, 0.15) is 23.4 Å². The zero-order valence-electron chi connectivity index (χ0n) is 9.91. The van der Waals surface area contributed by atoms with Gasteiger partial charge in [0.25, 0.3) is 11.8 Å². The number of hydrogen-bond donors (Lipinski definition) is 0. The predicted octanol–water partition coefficient (Wildman–Crippen LogP) is -0.999. The minimum atomic E-state index is -1.71. The van der Waals surface area contributed by atoms with Gasteiger partial charge in [0.1, 0.15) is 5.41 Å². The molecule has 9 heteroatoms. The van der Waals surface area contributed by atoms with E-state index in [9.17, 15) is 24.0 Å². The number of carbonyl (C=O) groups is 2. The number of aromatic nitrogens is 2. The third-order valence-electron chi connectivity index (χ3n) is 2.50. The molecule has 0 radical (unpaired) electrons. The minimum Gasteiger partial charge on any atom is -0.324 e. The minimum absolute atomic E-state index is 0.0900. The van der Waals surface area contributed by atoms with Gasteiger partial charge in [-0.2, -0.15) is 0 Å². The van der Waals surface area contributed by atoms with Gasteiger partial charge in [0.2, 0.25) is 0 Å². The maximum absolute atomic E-state index is 11.9. The van der Waals surface area contributed by atoms with Gasteiger partial charge in [-0.05, 0) is 13.8 Å². The molecule has 0 atom stereocenters. The Labute approximate surface area is 103 Å². The molecule has 0 unspecified atom stereocenters. The summed E-state index contributed by atoms with van der Waals surface area (Å²) < 4.78 is 9.14. The van der Waals surface area contributed by atoms with Crippen molar-refractivity contribution in [2.75, 3.05) is 0 Å². The van der Waals surface area contributed by atoms with Crippen molar-refractivity contribution < 1.29 is 18.6 Å². The van der Waals surface area contributed by atoms with E-state index in [0.29, 0.717) is 12.1 Å². The fourth-order valence-electron chi connectivity index (χ4n) is 1.39. The number of hydrogen-bond acceptors (Lipinski definition) is 7. The Kier molecular flexibility index (Phi) is 2.62. The Morgan fingerprint density at radius 2 is 1.21 bits per heavy atom. The van der Waals surface area contributed by atoms with Crippen molar-refractivity contribution in [1.82, 2.24) is 9.48 Å². The molecule has 0 N–H and O–H groups in total. The van der Waals surface area contributed by atoms with Gasteiger partial charge in [-0.1, -0.05) is 9.48 Å². The molecule has 9 nitrogen and oxygen atoms in total. The van der Waals surface area contributed by atoms with Crippen LogP contribution in [0.15, 0.2) is 35.6 Å². The molecule has 1 aliphatic rings. The molecule has 0 saturated carbocycles. The molecule has 1 aliphatic heterocycles. The average molecular weight is 268 g/mol. The quantitative estimate of drug-likeness (QED) is 0.553. The molecular formula is C10H8N2O7. The van der Waals surface area contributed by atoms with Crippen molar-refractivity contribution >= 4 is 11.8 Å². The van der Waals surface area contributed by atoms with E-state index < -0.39 is 34.2 Å². The lowest BCUT2D eigenvalue weighted by Gasteiger charge is -2.22. The number of fused-ring (bicyclic) bond motifs is 2. The Bertz CT molecular complexity index is 737. The van der Waals surface area contributed by atoms with Gasteiger partial charge >= 0.3 is 16.9 Å². The first-order chi connectivity index (χ1) is 8.75. The van der Waals surface area contributed by atoms with Gasteiger partial charge < -0.3 is 9.05 Å². The summed E-state index contributed by atoms with van der Waals surface area (Å²) in [6.07, 6.45) is 0. The van der Waals surface area contributed by atoms with Crippen molar-refractivity contribution in [3.63, 3.8) is 0 Å². The first-order valence-corrected chi connectivity index (χ1v) is 5.10. The molecule has 0 aliphatic carbocycles. The van der Waals surface area contributed by atoms with Gasteiger partial charge in [0, 0.05) is 12.1 Å². The van der Waals surface area contributed by atoms with Crippen LogP contribution in [0.3, 0.4) is 0 Å². The molecule has 0 amide bonds. The Morgan fingerprint density at radius 1 is 0.842 bits per heavy atom. The van der Waals surface area contributed by atoms with E-state index in [0.717, 1.165) is 0 Å². The SMILES string of the molecule is CC1(C)C(=O)n2oc(=O)ccc(=O)on(c2=O)C1=O. The molecule has 0 aromatic carbocycles. The zero-order valence-corrected chi connectivity index (χ0v) is 9.91. The van der Waals surface area contributed by atoms with Crippen LogP contribution in [-0.2, 0) is 0 Å². The predicted molar refractivity (Wildman–Crippen MR) is 58.4 cm³/mol. The highest BCUT2D eigenvalue weighted by Crippen LogP contribution is 2.20. The van der Waals surface area contributed by atoms with E-state index in [1.165, 1.54) is 13.8 Å². The van der Waals surface area contributed by atoms with Gasteiger partial charge in [-0.25, -0.2) is 14.4 Å². The molecular weight excluding hydrogens is 260 g/mol. The monoisotopic (exact) mass is 268 g/mol. The van der Waals surface area contributed by atoms with Crippen molar-refractivity contribution in [3.05, 3.63) is 43.5 Å². The maximum Gasteiger partial charge on any atom is 0.401 e. The van der Waals surface area contributed by atoms with E-state index in [4.69, 9.17) is 0 Å². The number of nitrogens with zero attached hydrogens (tertiary/aromatic N) is 2. The van der Waals surface area contributed by atoms with E-state index in [2.05, 4.69) is 9.05 Å². The lowest BCUT2D eigenvalue weighted by Crippen LogP contribution is -2.54. The highest BCUT2D eigenvalue weighted by molar-refractivity contribution is 6.06. The summed E-state index contributed by atoms with van der Waals surface area (Å²) in [5.74, 6) is -2.06. The standard InChI is InChI=1S/C10H8N2O7/c1-10(2)7(15)11-9(17)12(8(10)16)19-6(14)4-3-5(13)18-11/h3-4H,1-2H3. The maximum atomic E-state index is 11.9. The summed E-state index contributed by atoms with van der Waals surface area (Å²) in [4.78, 5) is 58.1. The van der Waals surface area contributed by atoms with E-state index in [1.54, 1.807) is 0 Å². The fraction of sp³-hybridized carbons (Fsp3) is 0.300. The van der Waals surface area contributed by atoms with Crippen LogP contribution in [-0.4, -0.2) is 21.3 Å². The smallest absolute Gasteiger partial charge is 0.324 e. The van der Waals surface area contributed by atoms with Crippen LogP contribution in [0, 0.1) is 5.41 Å². The second kappa shape index (κ2) is 3.90. The third-order valence-corrected chi connectivity index (χ3v) is 2.50. The summed E-state index contributed by atoms with van der Waals surface area (Å²) in [7, 11) is 0. The lowest BCUT2D eigenvalue weighted by molar-refractivity contribution is 0.0306. The Balaban J connectivity index is 3.13. The summed E-state index contributed by atoms with van der Waals surface area (Å²) in [6.45, 7) is 2.41. The number of rotatable bonds is 0. The Hall–Kier alpha value is -2.71. The number of carbonyl (C=O) groups excluding carboxylic acids is 2. The van der Waals surface area contributed by atoms with Gasteiger partial charge in [-0.15, -0.1) is 0 Å². The highest BCUT2D eigenvalue weighted by Gasteiger charge is 2.45. The zero-order chi connectivity index (χ0) is 14.4. The second-order valence-corrected chi connectivity index (χ2v) is 4.26. The normalized spacial score (nSPS) is 16.1. The van der Waals surface area contributed by atoms with Crippen molar-refractivity contribution in [3.8, 4) is 0 Å². The van der Waals surface area contributed by atoms with Crippen LogP contribution in [0.4, 0.5) is 0 Å². The molecule has 19 heavy (non-hydrogen) atoms. The summed E-state index contributed by atoms with van der Waals surface area (Å²) in [6, 6.07) is 1.34. The van der Waals surface area contributed by atoms with E-state index in [1.807, 2.05) is 0 Å². The molecule has 0 fully saturated rings. The largest absolute Gasteiger partial charge is 0.401 e. The van der Waals surface area contributed by atoms with Crippen LogP contribution in [0.5, 0.6) is 0 Å². The van der Waals surface area contributed by atoms with E-state index in [-0.39, 0.29) is 9.48 Å². The molecule has 1 aromatic rings. The second-order valence-electron chi connectivity index (χ2n) is 4.26. The average Bonchev–Trinajstić information content (AvgIpc) is 2.39. The van der Waals surface area contributed by atoms with Crippen molar-refractivity contribution in [2.45, 2.75) is 13.8 Å². The molecule has 2 heterocycles. The van der Waals surface area contributed by atoms with Gasteiger partial charge in [0.05, 0.1) is 0 Å². The Morgan fingerprint density at radius 3 is 1.58 bits per heavy atom. The topological polar surface area (TPSA) is 121 Å². The van der Waals surface area contributed by atoms with Gasteiger partial charge in [0.15, 0.2) is 0 Å². The molecule has 2 rings (SSSR count). The van der Waals surface area contributed by atoms with Crippen LogP contribution >= 0.6 is 0 Å². The molecule has 0 spiro atoms. The summed E-state index contributed by atoms with van der Waals surface area (Å²) in [5, 5.41) is 0. The third kappa shape index (κ3) is 1.84. The summed E-state index contributed by atoms with van der Waals surface area (Å²) >= 11 is 0. The van der Waals surface area contributed by atoms with Crippen LogP contribution in [0.25, 0.3) is 0 Å². The highest BCUT2D eigenvalue weighted by atomic mass is 16.6. The first-order valence-electron chi connectivity index (χ1n) is 5.10. The lowest BCUT2D eigenvalue weighted by atomic mass is 9.90. The summed E-state index contributed by atoms with van der Waals surface area (Å²) in [5.41, 5.74) is -5.31. The first kappa shape index (κ1) is 12.7. The molecule has 0 saturated heterocycles. The van der Waals surface area contributed by atoms with Crippen LogP contribution in [0.2, 0.25) is 0 Å². The van der Waals surface area contributed by atoms with Crippen molar-refractivity contribution in [2.24, 2.45) is 5.41 Å². The fourth-order valence-corrected chi connectivity index (χ4v) is 1.39. The van der Waals surface area contributed by atoms with Crippen molar-refractivity contribution in [1.29, 1.82) is 0 Å². The molecule has 100 valence electrons.